The lowest BCUT2D eigenvalue weighted by Gasteiger charge is -2.47. The number of ether oxygens (including phenoxy) is 10. The molecule has 0 radical (unpaired) electrons. The Morgan fingerprint density at radius 3 is 1.08 bits per heavy atom. The van der Waals surface area contributed by atoms with E-state index in [1.807, 2.05) is 0 Å². The zero-order valence-corrected chi connectivity index (χ0v) is 33.3. The highest BCUT2D eigenvalue weighted by molar-refractivity contribution is 4.96. The molecule has 5 fully saturated rings. The van der Waals surface area contributed by atoms with Gasteiger partial charge in [-0.05, 0) is 25.8 Å². The third kappa shape index (κ3) is 11.9. The maximum atomic E-state index is 11.5. The molecule has 18 N–H and O–H groups in total. The first-order valence-corrected chi connectivity index (χ1v) is 20.3. The highest BCUT2D eigenvalue weighted by Gasteiger charge is 2.53. The van der Waals surface area contributed by atoms with Crippen molar-refractivity contribution in [1.29, 1.82) is 0 Å². The minimum Gasteiger partial charge on any atom is -0.394 e. The van der Waals surface area contributed by atoms with Gasteiger partial charge in [0, 0.05) is 6.61 Å². The molecule has 5 aliphatic rings. The average molecular weight is 914 g/mol. The fraction of sp³-hybridized carbons (Fsp3) is 1.00. The van der Waals surface area contributed by atoms with Crippen molar-refractivity contribution in [3.63, 3.8) is 0 Å². The Balaban J connectivity index is 1.25. The summed E-state index contributed by atoms with van der Waals surface area (Å²) in [7, 11) is 0. The lowest BCUT2D eigenvalue weighted by atomic mass is 9.96. The van der Waals surface area contributed by atoms with Crippen LogP contribution in [0.2, 0.25) is 0 Å². The second-order valence-corrected chi connectivity index (χ2v) is 15.8. The fourth-order valence-corrected chi connectivity index (χ4v) is 7.45. The predicted octanol–water partition coefficient (Wildman–Crippen LogP) is -10.8. The van der Waals surface area contributed by atoms with Gasteiger partial charge in [0.05, 0.1) is 33.0 Å². The van der Waals surface area contributed by atoms with E-state index in [-0.39, 0.29) is 6.61 Å². The quantitative estimate of drug-likeness (QED) is 0.0535. The van der Waals surface area contributed by atoms with Gasteiger partial charge in [-0.15, -0.1) is 0 Å². The molecule has 5 heterocycles. The van der Waals surface area contributed by atoms with Gasteiger partial charge in [-0.2, -0.15) is 0 Å². The van der Waals surface area contributed by atoms with Crippen molar-refractivity contribution >= 4 is 0 Å². The van der Waals surface area contributed by atoms with Gasteiger partial charge < -0.3 is 135 Å². The molecule has 0 aromatic heterocycles. The van der Waals surface area contributed by atoms with E-state index in [4.69, 9.17) is 53.1 Å². The van der Waals surface area contributed by atoms with Gasteiger partial charge >= 0.3 is 0 Å². The zero-order chi connectivity index (χ0) is 45.6. The Morgan fingerprint density at radius 1 is 0.339 bits per heavy atom. The molecular weight excluding hydrogens is 850 g/mol. The van der Waals surface area contributed by atoms with Gasteiger partial charge in [0.15, 0.2) is 31.5 Å². The molecule has 0 bridgehead atoms. The second-order valence-electron chi connectivity index (χ2n) is 15.8. The van der Waals surface area contributed by atoms with Crippen molar-refractivity contribution in [2.75, 3.05) is 46.2 Å². The number of unbranched alkanes of at least 4 members (excludes halogenated alkanes) is 2. The van der Waals surface area contributed by atoms with Crippen molar-refractivity contribution in [2.45, 2.75) is 173 Å². The van der Waals surface area contributed by atoms with Crippen LogP contribution in [0.25, 0.3) is 0 Å². The molecular formula is C35H63NO26. The standard InChI is InChI=1S/C35H63NO26/c36-4-2-1-3-5-53-34-29(52)30(62-35-28(51)24(47)19(42)14(61-35)9-55-32-26(49)22(45)17(40)12(7-38)58-32)20(43)15(60-34)10-56-33-27(50)23(46)18(41)13(59-33)8-54-31-25(48)21(44)16(39)11(6-37)57-31/h11-35,37-52H,1-10,36H2/t11-,12-,13-,14-,15-,16-,17-,18-,19-,20-,21+,22+,23+,24+,25+,26+,27+,28+,29+,30+,31+,32+,33+,34+,35-/m1/s1. The summed E-state index contributed by atoms with van der Waals surface area (Å²) >= 11 is 0. The van der Waals surface area contributed by atoms with Crippen LogP contribution in [0, 0.1) is 0 Å². The number of nitrogens with two attached hydrogens (primary N) is 1. The Bertz CT molecular complexity index is 1310. The maximum absolute atomic E-state index is 11.5. The number of aliphatic hydroxyl groups is 16. The van der Waals surface area contributed by atoms with Crippen LogP contribution >= 0.6 is 0 Å². The van der Waals surface area contributed by atoms with E-state index >= 15 is 0 Å². The summed E-state index contributed by atoms with van der Waals surface area (Å²) in [5, 5.41) is 167. The van der Waals surface area contributed by atoms with Crippen LogP contribution in [-0.4, -0.2) is 281 Å². The second kappa shape index (κ2) is 23.6. The van der Waals surface area contributed by atoms with Crippen LogP contribution < -0.4 is 5.73 Å². The van der Waals surface area contributed by atoms with Gasteiger partial charge in [-0.3, -0.25) is 0 Å². The van der Waals surface area contributed by atoms with Gasteiger partial charge in [0.25, 0.3) is 0 Å². The molecule has 0 aromatic carbocycles. The smallest absolute Gasteiger partial charge is 0.187 e. The minimum atomic E-state index is -2.03. The fourth-order valence-electron chi connectivity index (χ4n) is 7.45. The van der Waals surface area contributed by atoms with E-state index in [9.17, 15) is 81.7 Å². The first kappa shape index (κ1) is 51.9. The topological polar surface area (TPSA) is 442 Å². The normalized spacial score (nSPS) is 49.2. The molecule has 27 heteroatoms. The van der Waals surface area contributed by atoms with Crippen molar-refractivity contribution in [3.8, 4) is 0 Å². The molecule has 5 aliphatic heterocycles. The molecule has 62 heavy (non-hydrogen) atoms. The summed E-state index contributed by atoms with van der Waals surface area (Å²) in [5.41, 5.74) is 5.56. The first-order chi connectivity index (χ1) is 29.4. The van der Waals surface area contributed by atoms with E-state index in [0.29, 0.717) is 25.8 Å². The molecule has 0 amide bonds. The zero-order valence-electron chi connectivity index (χ0n) is 33.3. The molecule has 364 valence electrons. The Kier molecular flexibility index (Phi) is 19.7. The van der Waals surface area contributed by atoms with E-state index in [1.165, 1.54) is 0 Å². The van der Waals surface area contributed by atoms with Crippen LogP contribution in [0.5, 0.6) is 0 Å². The summed E-state index contributed by atoms with van der Waals surface area (Å²) in [6, 6.07) is 0. The largest absolute Gasteiger partial charge is 0.394 e. The van der Waals surface area contributed by atoms with E-state index in [0.717, 1.165) is 0 Å². The van der Waals surface area contributed by atoms with Crippen LogP contribution in [0.15, 0.2) is 0 Å². The Morgan fingerprint density at radius 2 is 0.677 bits per heavy atom. The van der Waals surface area contributed by atoms with Gasteiger partial charge in [0.1, 0.15) is 122 Å². The molecule has 27 nitrogen and oxygen atoms in total. The van der Waals surface area contributed by atoms with Gasteiger partial charge in [-0.25, -0.2) is 0 Å². The summed E-state index contributed by atoms with van der Waals surface area (Å²) < 4.78 is 55.8. The average Bonchev–Trinajstić information content (AvgIpc) is 3.26. The molecule has 0 aliphatic carbocycles. The number of hydrogen-bond donors (Lipinski definition) is 17. The van der Waals surface area contributed by atoms with Crippen molar-refractivity contribution in [3.05, 3.63) is 0 Å². The lowest BCUT2D eigenvalue weighted by molar-refractivity contribution is -0.371. The van der Waals surface area contributed by atoms with E-state index in [2.05, 4.69) is 0 Å². The van der Waals surface area contributed by atoms with Crippen LogP contribution in [0.3, 0.4) is 0 Å². The van der Waals surface area contributed by atoms with Crippen LogP contribution in [0.4, 0.5) is 0 Å². The van der Waals surface area contributed by atoms with Gasteiger partial charge in [-0.1, -0.05) is 0 Å². The molecule has 0 spiro atoms. The summed E-state index contributed by atoms with van der Waals surface area (Å²) in [6.45, 7) is -3.20. The Hall–Kier alpha value is -1.08. The van der Waals surface area contributed by atoms with E-state index < -0.39 is 187 Å². The Labute approximate surface area is 353 Å². The van der Waals surface area contributed by atoms with Crippen LogP contribution in [0.1, 0.15) is 19.3 Å². The highest BCUT2D eigenvalue weighted by atomic mass is 16.8. The highest BCUT2D eigenvalue weighted by Crippen LogP contribution is 2.32. The lowest BCUT2D eigenvalue weighted by Crippen LogP contribution is -2.65. The molecule has 5 saturated heterocycles. The molecule has 0 saturated carbocycles. The predicted molar refractivity (Wildman–Crippen MR) is 193 cm³/mol. The third-order valence-corrected chi connectivity index (χ3v) is 11.4. The maximum Gasteiger partial charge on any atom is 0.187 e. The number of rotatable bonds is 19. The number of hydrogen-bond acceptors (Lipinski definition) is 27. The number of aliphatic hydroxyl groups excluding tert-OH is 16. The summed E-state index contributed by atoms with van der Waals surface area (Å²) in [6.07, 6.45) is -41.8. The first-order valence-electron chi connectivity index (χ1n) is 20.3. The van der Waals surface area contributed by atoms with Crippen molar-refractivity contribution in [1.82, 2.24) is 0 Å². The van der Waals surface area contributed by atoms with Crippen molar-refractivity contribution < 1.29 is 129 Å². The summed E-state index contributed by atoms with van der Waals surface area (Å²) in [4.78, 5) is 0. The molecule has 25 atom stereocenters. The van der Waals surface area contributed by atoms with Crippen LogP contribution in [-0.2, 0) is 47.4 Å². The van der Waals surface area contributed by atoms with Crippen molar-refractivity contribution in [2.24, 2.45) is 5.73 Å². The molecule has 0 unspecified atom stereocenters. The molecule has 5 rings (SSSR count). The minimum absolute atomic E-state index is 0.00754. The van der Waals surface area contributed by atoms with Gasteiger partial charge in [0.2, 0.25) is 0 Å². The van der Waals surface area contributed by atoms with E-state index in [1.54, 1.807) is 0 Å². The third-order valence-electron chi connectivity index (χ3n) is 11.4. The monoisotopic (exact) mass is 913 g/mol. The molecule has 0 aromatic rings. The SMILES string of the molecule is NCCCCCO[C@H]1O[C@H](CO[C@H]2O[C@H](CO[C@H]3O[C@H](CO)[C@@H](O)[C@H](O)[C@@H]3O)[C@@H](O)[C@H](O)[C@@H]2O)[C@@H](O)[C@H](O[C@H]2O[C@H](CO[C@H]3O[C@H](CO)[C@@H](O)[C@H](O)[C@@H]3O)[C@@H](O)[C@H](O)[C@@H]2O)[C@@H]1O. The summed E-state index contributed by atoms with van der Waals surface area (Å²) in [5.74, 6) is 0.